The van der Waals surface area contributed by atoms with Crippen LogP contribution in [-0.2, 0) is 0 Å². The fourth-order valence-electron chi connectivity index (χ4n) is 1.28. The van der Waals surface area contributed by atoms with E-state index in [1.165, 1.54) is 4.68 Å². The van der Waals surface area contributed by atoms with Crippen molar-refractivity contribution in [2.75, 3.05) is 5.73 Å². The van der Waals surface area contributed by atoms with Crippen LogP contribution in [0.4, 0.5) is 5.82 Å². The number of hydrogen-bond acceptors (Lipinski definition) is 3. The van der Waals surface area contributed by atoms with Crippen molar-refractivity contribution >= 4 is 11.7 Å². The number of aryl methyl sites for hydroxylation is 1. The molecule has 1 heterocycles. The van der Waals surface area contributed by atoms with Gasteiger partial charge in [0.1, 0.15) is 5.82 Å². The number of carbonyl (C=O) groups is 1. The molecule has 2 N–H and O–H groups in total. The number of nitrogens with zero attached hydrogens (tertiary/aromatic N) is 2. The van der Waals surface area contributed by atoms with Crippen LogP contribution in [0.1, 0.15) is 15.9 Å². The average Bonchev–Trinajstić information content (AvgIpc) is 2.65. The Morgan fingerprint density at radius 1 is 1.27 bits per heavy atom. The summed E-state index contributed by atoms with van der Waals surface area (Å²) in [6.07, 6.45) is 1.55. The van der Waals surface area contributed by atoms with E-state index in [0.717, 1.165) is 5.56 Å². The van der Waals surface area contributed by atoms with Crippen LogP contribution in [0.2, 0.25) is 0 Å². The van der Waals surface area contributed by atoms with Crippen LogP contribution in [0.25, 0.3) is 0 Å². The van der Waals surface area contributed by atoms with Crippen molar-refractivity contribution < 1.29 is 4.79 Å². The second-order valence-electron chi connectivity index (χ2n) is 3.36. The summed E-state index contributed by atoms with van der Waals surface area (Å²) in [5.41, 5.74) is 7.15. The van der Waals surface area contributed by atoms with Crippen molar-refractivity contribution in [3.63, 3.8) is 0 Å². The summed E-state index contributed by atoms with van der Waals surface area (Å²) in [5, 5.41) is 3.85. The van der Waals surface area contributed by atoms with E-state index < -0.39 is 0 Å². The average molecular weight is 201 g/mol. The lowest BCUT2D eigenvalue weighted by atomic mass is 10.1. The van der Waals surface area contributed by atoms with Gasteiger partial charge in [-0.1, -0.05) is 17.7 Å². The Balaban J connectivity index is 2.32. The normalized spacial score (nSPS) is 10.2. The van der Waals surface area contributed by atoms with Crippen LogP contribution >= 0.6 is 0 Å². The summed E-state index contributed by atoms with van der Waals surface area (Å²) >= 11 is 0. The smallest absolute Gasteiger partial charge is 0.278 e. The molecule has 0 aliphatic carbocycles. The van der Waals surface area contributed by atoms with Gasteiger partial charge >= 0.3 is 0 Å². The Labute approximate surface area is 87.3 Å². The largest absolute Gasteiger partial charge is 0.382 e. The molecule has 0 fully saturated rings. The molecule has 0 atom stereocenters. The lowest BCUT2D eigenvalue weighted by Gasteiger charge is -2.00. The number of nitrogen functional groups attached to an aromatic ring is 1. The second-order valence-corrected chi connectivity index (χ2v) is 3.36. The first-order valence-electron chi connectivity index (χ1n) is 4.59. The van der Waals surface area contributed by atoms with Crippen LogP contribution in [0, 0.1) is 6.92 Å². The fourth-order valence-corrected chi connectivity index (χ4v) is 1.28. The first-order chi connectivity index (χ1) is 7.16. The van der Waals surface area contributed by atoms with E-state index in [0.29, 0.717) is 11.4 Å². The Kier molecular flexibility index (Phi) is 2.25. The van der Waals surface area contributed by atoms with Gasteiger partial charge in [-0.2, -0.15) is 0 Å². The van der Waals surface area contributed by atoms with Gasteiger partial charge in [-0.15, -0.1) is 5.10 Å². The number of anilines is 1. The topological polar surface area (TPSA) is 60.9 Å². The number of aromatic nitrogens is 2. The summed E-state index contributed by atoms with van der Waals surface area (Å²) in [6.45, 7) is 1.97. The Bertz CT molecular complexity index is 485. The van der Waals surface area contributed by atoms with E-state index in [-0.39, 0.29) is 5.91 Å². The minimum absolute atomic E-state index is 0.174. The summed E-state index contributed by atoms with van der Waals surface area (Å²) in [7, 11) is 0. The molecule has 0 spiro atoms. The minimum Gasteiger partial charge on any atom is -0.382 e. The third kappa shape index (κ3) is 1.88. The van der Waals surface area contributed by atoms with Crippen molar-refractivity contribution in [1.29, 1.82) is 0 Å². The van der Waals surface area contributed by atoms with Gasteiger partial charge in [0.2, 0.25) is 0 Å². The third-order valence-electron chi connectivity index (χ3n) is 2.12. The molecule has 1 aromatic carbocycles. The molecule has 15 heavy (non-hydrogen) atoms. The third-order valence-corrected chi connectivity index (χ3v) is 2.12. The number of benzene rings is 1. The molecule has 0 saturated carbocycles. The van der Waals surface area contributed by atoms with E-state index in [2.05, 4.69) is 5.10 Å². The van der Waals surface area contributed by atoms with E-state index in [1.54, 1.807) is 24.4 Å². The molecule has 4 nitrogen and oxygen atoms in total. The number of hydrogen-bond donors (Lipinski definition) is 1. The molecule has 0 saturated heterocycles. The predicted molar refractivity (Wildman–Crippen MR) is 57.5 cm³/mol. The highest BCUT2D eigenvalue weighted by atomic mass is 16.2. The summed E-state index contributed by atoms with van der Waals surface area (Å²) in [5.74, 6) is 0.169. The highest BCUT2D eigenvalue weighted by Gasteiger charge is 2.08. The Morgan fingerprint density at radius 2 is 1.93 bits per heavy atom. The highest BCUT2D eigenvalue weighted by Crippen LogP contribution is 2.06. The van der Waals surface area contributed by atoms with E-state index in [4.69, 9.17) is 5.73 Å². The van der Waals surface area contributed by atoms with Gasteiger partial charge in [0.15, 0.2) is 0 Å². The van der Waals surface area contributed by atoms with Crippen molar-refractivity contribution in [2.24, 2.45) is 0 Å². The monoisotopic (exact) mass is 201 g/mol. The van der Waals surface area contributed by atoms with Crippen LogP contribution in [0.5, 0.6) is 0 Å². The highest BCUT2D eigenvalue weighted by molar-refractivity contribution is 5.95. The van der Waals surface area contributed by atoms with Crippen molar-refractivity contribution in [1.82, 2.24) is 9.78 Å². The molecule has 0 unspecified atom stereocenters. The Hall–Kier alpha value is -2.10. The van der Waals surface area contributed by atoms with Gasteiger partial charge in [-0.05, 0) is 19.1 Å². The SMILES string of the molecule is Cc1ccc(C(=O)n2ccc(N)n2)cc1. The van der Waals surface area contributed by atoms with Crippen molar-refractivity contribution in [2.45, 2.75) is 6.92 Å². The summed E-state index contributed by atoms with van der Waals surface area (Å²) in [4.78, 5) is 11.8. The van der Waals surface area contributed by atoms with Crippen LogP contribution in [0.15, 0.2) is 36.5 Å². The summed E-state index contributed by atoms with van der Waals surface area (Å²) in [6, 6.07) is 8.91. The molecular weight excluding hydrogens is 190 g/mol. The van der Waals surface area contributed by atoms with Gasteiger partial charge in [0.25, 0.3) is 5.91 Å². The summed E-state index contributed by atoms with van der Waals surface area (Å²) < 4.78 is 1.24. The van der Waals surface area contributed by atoms with Gasteiger partial charge in [0, 0.05) is 17.8 Å². The van der Waals surface area contributed by atoms with Crippen LogP contribution in [0.3, 0.4) is 0 Å². The Morgan fingerprint density at radius 3 is 2.47 bits per heavy atom. The number of nitrogens with two attached hydrogens (primary N) is 1. The molecule has 0 aliphatic rings. The van der Waals surface area contributed by atoms with Crippen LogP contribution < -0.4 is 5.73 Å². The standard InChI is InChI=1S/C11H11N3O/c1-8-2-4-9(5-3-8)11(15)14-7-6-10(12)13-14/h2-7H,1H3,(H2,12,13). The predicted octanol–water partition coefficient (Wildman–Crippen LogP) is 1.46. The maximum Gasteiger partial charge on any atom is 0.278 e. The van der Waals surface area contributed by atoms with E-state index in [9.17, 15) is 4.79 Å². The molecule has 0 aliphatic heterocycles. The molecule has 2 rings (SSSR count). The molecule has 0 amide bonds. The molecule has 2 aromatic rings. The molecular formula is C11H11N3O. The van der Waals surface area contributed by atoms with Gasteiger partial charge in [-0.3, -0.25) is 4.79 Å². The van der Waals surface area contributed by atoms with Gasteiger partial charge in [-0.25, -0.2) is 4.68 Å². The van der Waals surface area contributed by atoms with Gasteiger partial charge in [0.05, 0.1) is 0 Å². The first kappa shape index (κ1) is 9.45. The number of rotatable bonds is 1. The molecule has 1 aromatic heterocycles. The fraction of sp³-hybridized carbons (Fsp3) is 0.0909. The zero-order chi connectivity index (χ0) is 10.8. The maximum atomic E-state index is 11.8. The molecule has 0 bridgehead atoms. The lowest BCUT2D eigenvalue weighted by molar-refractivity contribution is 0.0945. The molecule has 0 radical (unpaired) electrons. The zero-order valence-electron chi connectivity index (χ0n) is 8.34. The minimum atomic E-state index is -0.174. The molecule has 4 heteroatoms. The van der Waals surface area contributed by atoms with Gasteiger partial charge < -0.3 is 5.73 Å². The first-order valence-corrected chi connectivity index (χ1v) is 4.59. The lowest BCUT2D eigenvalue weighted by Crippen LogP contribution is -2.12. The molecule has 76 valence electrons. The zero-order valence-corrected chi connectivity index (χ0v) is 8.34. The quantitative estimate of drug-likeness (QED) is 0.759. The van der Waals surface area contributed by atoms with Crippen LogP contribution in [-0.4, -0.2) is 15.7 Å². The van der Waals surface area contributed by atoms with Crippen molar-refractivity contribution in [3.8, 4) is 0 Å². The van der Waals surface area contributed by atoms with Crippen molar-refractivity contribution in [3.05, 3.63) is 47.7 Å². The van der Waals surface area contributed by atoms with E-state index in [1.807, 2.05) is 19.1 Å². The maximum absolute atomic E-state index is 11.8. The van der Waals surface area contributed by atoms with E-state index >= 15 is 0 Å². The second kappa shape index (κ2) is 3.57. The number of carbonyl (C=O) groups excluding carboxylic acids is 1.